The molecule has 2 atom stereocenters. The minimum Gasteiger partial charge on any atom is -0.444 e. The molecule has 1 aromatic carbocycles. The van der Waals surface area contributed by atoms with E-state index in [1.807, 2.05) is 45.9 Å². The van der Waals surface area contributed by atoms with Crippen molar-refractivity contribution in [2.75, 3.05) is 13.1 Å². The molecular weight excluding hydrogens is 478 g/mol. The van der Waals surface area contributed by atoms with E-state index < -0.39 is 23.8 Å². The predicted octanol–water partition coefficient (Wildman–Crippen LogP) is 6.61. The zero-order valence-electron chi connectivity index (χ0n) is 25.4. The van der Waals surface area contributed by atoms with Crippen molar-refractivity contribution in [2.24, 2.45) is 5.92 Å². The first kappa shape index (κ1) is 33.5. The zero-order valence-corrected chi connectivity index (χ0v) is 25.4. The molecule has 2 N–H and O–H groups in total. The highest BCUT2D eigenvalue weighted by atomic mass is 16.6. The molecule has 0 bridgehead atoms. The quantitative estimate of drug-likeness (QED) is 0.249. The molecule has 0 heterocycles. The van der Waals surface area contributed by atoms with Crippen LogP contribution in [0, 0.1) is 19.8 Å². The van der Waals surface area contributed by atoms with E-state index in [4.69, 9.17) is 4.74 Å². The summed E-state index contributed by atoms with van der Waals surface area (Å²) in [5.41, 5.74) is 2.19. The second kappa shape index (κ2) is 16.4. The third-order valence-corrected chi connectivity index (χ3v) is 6.72. The highest BCUT2D eigenvalue weighted by Gasteiger charge is 2.37. The van der Waals surface area contributed by atoms with Crippen LogP contribution in [0.5, 0.6) is 0 Å². The maximum absolute atomic E-state index is 14.2. The Morgan fingerprint density at radius 1 is 0.947 bits per heavy atom. The number of amides is 3. The molecule has 0 aliphatic rings. The summed E-state index contributed by atoms with van der Waals surface area (Å²) in [6.07, 6.45) is 6.30. The predicted molar refractivity (Wildman–Crippen MR) is 155 cm³/mol. The number of unbranched alkanes of at least 4 members (excludes halogenated alkanes) is 5. The van der Waals surface area contributed by atoms with Gasteiger partial charge in [0.05, 0.1) is 0 Å². The molecule has 0 spiro atoms. The van der Waals surface area contributed by atoms with Crippen LogP contribution in [0.3, 0.4) is 0 Å². The second-order valence-corrected chi connectivity index (χ2v) is 11.7. The van der Waals surface area contributed by atoms with E-state index in [9.17, 15) is 14.4 Å². The average molecular weight is 532 g/mol. The molecule has 2 unspecified atom stereocenters. The summed E-state index contributed by atoms with van der Waals surface area (Å²) < 4.78 is 5.47. The van der Waals surface area contributed by atoms with Crippen molar-refractivity contribution in [3.8, 4) is 0 Å². The van der Waals surface area contributed by atoms with Crippen LogP contribution in [-0.2, 0) is 14.3 Å². The van der Waals surface area contributed by atoms with Crippen LogP contribution in [-0.4, -0.2) is 47.5 Å². The number of carbonyl (C=O) groups excluding carboxylic acids is 3. The molecule has 38 heavy (non-hydrogen) atoms. The van der Waals surface area contributed by atoms with Gasteiger partial charge >= 0.3 is 6.09 Å². The van der Waals surface area contributed by atoms with Gasteiger partial charge in [0, 0.05) is 13.1 Å². The molecule has 0 saturated carbocycles. The minimum atomic E-state index is -0.823. The number of hydrogen-bond donors (Lipinski definition) is 2. The van der Waals surface area contributed by atoms with E-state index in [2.05, 4.69) is 24.5 Å². The maximum Gasteiger partial charge on any atom is 0.408 e. The molecule has 0 saturated heterocycles. The van der Waals surface area contributed by atoms with E-state index in [0.29, 0.717) is 13.1 Å². The Morgan fingerprint density at radius 3 is 2.16 bits per heavy atom. The molecule has 0 radical (unpaired) electrons. The molecule has 7 heteroatoms. The lowest BCUT2D eigenvalue weighted by atomic mass is 9.93. The first-order valence-corrected chi connectivity index (χ1v) is 14.5. The van der Waals surface area contributed by atoms with Gasteiger partial charge in [-0.05, 0) is 70.1 Å². The fourth-order valence-electron chi connectivity index (χ4n) is 4.38. The van der Waals surface area contributed by atoms with Crippen molar-refractivity contribution in [3.63, 3.8) is 0 Å². The van der Waals surface area contributed by atoms with Gasteiger partial charge in [-0.3, -0.25) is 9.59 Å². The van der Waals surface area contributed by atoms with Crippen molar-refractivity contribution in [2.45, 2.75) is 125 Å². The van der Waals surface area contributed by atoms with E-state index >= 15 is 0 Å². The molecule has 0 fully saturated rings. The van der Waals surface area contributed by atoms with Crippen LogP contribution in [0.2, 0.25) is 0 Å². The van der Waals surface area contributed by atoms with Crippen LogP contribution in [0.4, 0.5) is 4.79 Å². The zero-order chi connectivity index (χ0) is 28.9. The first-order valence-electron chi connectivity index (χ1n) is 14.5. The summed E-state index contributed by atoms with van der Waals surface area (Å²) in [6.45, 7) is 18.4. The lowest BCUT2D eigenvalue weighted by Gasteiger charge is -2.36. The second-order valence-electron chi connectivity index (χ2n) is 11.7. The molecule has 1 aromatic rings. The Kier molecular flexibility index (Phi) is 14.4. The number of rotatable bonds is 15. The number of nitrogens with one attached hydrogen (secondary N) is 2. The smallest absolute Gasteiger partial charge is 0.408 e. The molecule has 1 rings (SSSR count). The maximum atomic E-state index is 14.2. The fraction of sp³-hybridized carbons (Fsp3) is 0.710. The van der Waals surface area contributed by atoms with Crippen molar-refractivity contribution >= 4 is 17.9 Å². The van der Waals surface area contributed by atoms with Gasteiger partial charge in [-0.1, -0.05) is 78.0 Å². The van der Waals surface area contributed by atoms with E-state index in [-0.39, 0.29) is 17.7 Å². The van der Waals surface area contributed by atoms with Crippen molar-refractivity contribution in [3.05, 3.63) is 34.9 Å². The summed E-state index contributed by atoms with van der Waals surface area (Å²) in [5.74, 6) is -0.647. The number of hydrogen-bond acceptors (Lipinski definition) is 4. The monoisotopic (exact) mass is 531 g/mol. The van der Waals surface area contributed by atoms with Crippen molar-refractivity contribution in [1.82, 2.24) is 15.5 Å². The van der Waals surface area contributed by atoms with Gasteiger partial charge in [-0.25, -0.2) is 4.79 Å². The van der Waals surface area contributed by atoms with Gasteiger partial charge < -0.3 is 20.3 Å². The minimum absolute atomic E-state index is 0.186. The number of benzene rings is 1. The summed E-state index contributed by atoms with van der Waals surface area (Å²) in [4.78, 5) is 42.4. The van der Waals surface area contributed by atoms with Crippen LogP contribution < -0.4 is 10.6 Å². The van der Waals surface area contributed by atoms with Crippen LogP contribution in [0.1, 0.15) is 116 Å². The SMILES string of the molecule is CCCCCCCN(C(=O)C(NC(=O)OC(C)(C)C)C(C)C)C(C(=O)NCCCC)c1cccc(C)c1C. The van der Waals surface area contributed by atoms with E-state index in [1.165, 1.54) is 0 Å². The Bertz CT molecular complexity index is 892. The Morgan fingerprint density at radius 2 is 1.58 bits per heavy atom. The summed E-state index contributed by atoms with van der Waals surface area (Å²) in [7, 11) is 0. The number of carbonyl (C=O) groups is 3. The number of nitrogens with zero attached hydrogens (tertiary/aromatic N) is 1. The van der Waals surface area contributed by atoms with E-state index in [1.54, 1.807) is 25.7 Å². The number of ether oxygens (including phenoxy) is 1. The lowest BCUT2D eigenvalue weighted by Crippen LogP contribution is -2.55. The van der Waals surface area contributed by atoms with Gasteiger partial charge in [-0.2, -0.15) is 0 Å². The lowest BCUT2D eigenvalue weighted by molar-refractivity contribution is -0.143. The molecule has 216 valence electrons. The Balaban J connectivity index is 3.49. The van der Waals surface area contributed by atoms with Crippen LogP contribution in [0.15, 0.2) is 18.2 Å². The Labute approximate surface area is 231 Å². The molecule has 3 amide bonds. The van der Waals surface area contributed by atoms with Crippen LogP contribution >= 0.6 is 0 Å². The van der Waals surface area contributed by atoms with Gasteiger partial charge in [0.15, 0.2) is 0 Å². The standard InChI is InChI=1S/C31H53N3O4/c1-10-12-14-15-16-21-34(29(36)26(22(3)4)33-30(37)38-31(7,8)9)27(28(35)32-20-13-11-2)25-19-17-18-23(5)24(25)6/h17-19,22,26-27H,10-16,20-21H2,1-9H3,(H,32,35)(H,33,37). The van der Waals surface area contributed by atoms with Crippen molar-refractivity contribution in [1.29, 1.82) is 0 Å². The van der Waals surface area contributed by atoms with Gasteiger partial charge in [-0.15, -0.1) is 0 Å². The number of aryl methyl sites for hydroxylation is 1. The third-order valence-electron chi connectivity index (χ3n) is 6.72. The number of alkyl carbamates (subject to hydrolysis) is 1. The molecule has 0 aliphatic heterocycles. The molecule has 0 aliphatic carbocycles. The summed E-state index contributed by atoms with van der Waals surface area (Å²) >= 11 is 0. The van der Waals surface area contributed by atoms with Gasteiger partial charge in [0.25, 0.3) is 0 Å². The van der Waals surface area contributed by atoms with Crippen molar-refractivity contribution < 1.29 is 19.1 Å². The highest BCUT2D eigenvalue weighted by Crippen LogP contribution is 2.28. The van der Waals surface area contributed by atoms with Gasteiger partial charge in [0.2, 0.25) is 11.8 Å². The first-order chi connectivity index (χ1) is 17.8. The average Bonchev–Trinajstić information content (AvgIpc) is 2.82. The fourth-order valence-corrected chi connectivity index (χ4v) is 4.38. The largest absolute Gasteiger partial charge is 0.444 e. The molecular formula is C31H53N3O4. The highest BCUT2D eigenvalue weighted by molar-refractivity contribution is 5.92. The normalized spacial score (nSPS) is 13.1. The van der Waals surface area contributed by atoms with E-state index in [0.717, 1.165) is 61.6 Å². The van der Waals surface area contributed by atoms with Crippen LogP contribution in [0.25, 0.3) is 0 Å². The summed E-state index contributed by atoms with van der Waals surface area (Å²) in [6, 6.07) is 4.29. The third kappa shape index (κ3) is 11.0. The summed E-state index contributed by atoms with van der Waals surface area (Å²) in [5, 5.41) is 5.87. The molecule has 0 aromatic heterocycles. The van der Waals surface area contributed by atoms with Gasteiger partial charge in [0.1, 0.15) is 17.7 Å². The topological polar surface area (TPSA) is 87.7 Å². The molecule has 7 nitrogen and oxygen atoms in total. The Hall–Kier alpha value is -2.57.